The highest BCUT2D eigenvalue weighted by atomic mass is 16.5. The van der Waals surface area contributed by atoms with Crippen molar-refractivity contribution in [2.75, 3.05) is 26.3 Å². The number of nitrogens with zero attached hydrogens (tertiary/aromatic N) is 4. The Balaban J connectivity index is 1.74. The molecule has 0 aromatic carbocycles. The Hall–Kier alpha value is -1.66. The van der Waals surface area contributed by atoms with Gasteiger partial charge in [-0.05, 0) is 26.0 Å². The summed E-state index contributed by atoms with van der Waals surface area (Å²) in [6.07, 6.45) is 2.54. The van der Waals surface area contributed by atoms with Gasteiger partial charge in [0.15, 0.2) is 5.76 Å². The molecule has 0 bridgehead atoms. The predicted octanol–water partition coefficient (Wildman–Crippen LogP) is 1.82. The van der Waals surface area contributed by atoms with Crippen molar-refractivity contribution in [2.24, 2.45) is 0 Å². The maximum absolute atomic E-state index is 5.41. The lowest BCUT2D eigenvalue weighted by Crippen LogP contribution is -2.43. The summed E-state index contributed by atoms with van der Waals surface area (Å²) in [5.41, 5.74) is 0. The van der Waals surface area contributed by atoms with Crippen LogP contribution in [0.4, 0.5) is 0 Å². The second-order valence-corrected chi connectivity index (χ2v) is 5.35. The van der Waals surface area contributed by atoms with E-state index in [1.54, 1.807) is 6.26 Å². The first kappa shape index (κ1) is 14.3. The summed E-state index contributed by atoms with van der Waals surface area (Å²) in [7, 11) is 0. The van der Waals surface area contributed by atoms with E-state index in [9.17, 15) is 0 Å². The summed E-state index contributed by atoms with van der Waals surface area (Å²) in [6.45, 7) is 8.78. The molecule has 0 saturated carbocycles. The van der Waals surface area contributed by atoms with Gasteiger partial charge in [-0.15, -0.1) is 5.10 Å². The summed E-state index contributed by atoms with van der Waals surface area (Å²) in [6, 6.07) is 4.19. The molecule has 0 unspecified atom stereocenters. The van der Waals surface area contributed by atoms with E-state index in [-0.39, 0.29) is 0 Å². The van der Waals surface area contributed by atoms with Crippen molar-refractivity contribution in [2.45, 2.75) is 32.9 Å². The van der Waals surface area contributed by atoms with Gasteiger partial charge in [0.25, 0.3) is 0 Å². The molecule has 0 spiro atoms. The maximum Gasteiger partial charge on any atom is 0.217 e. The topological polar surface area (TPSA) is 56.3 Å². The van der Waals surface area contributed by atoms with Crippen molar-refractivity contribution in [3.05, 3.63) is 24.2 Å². The zero-order valence-electron chi connectivity index (χ0n) is 12.7. The molecule has 0 N–H and O–H groups in total. The van der Waals surface area contributed by atoms with E-state index in [0.29, 0.717) is 11.9 Å². The minimum absolute atomic E-state index is 0.438. The molecule has 0 amide bonds. The molecule has 3 heterocycles. The largest absolute Gasteiger partial charge is 0.461 e. The highest BCUT2D eigenvalue weighted by Gasteiger charge is 2.21. The quantitative estimate of drug-likeness (QED) is 0.840. The minimum Gasteiger partial charge on any atom is -0.461 e. The van der Waals surface area contributed by atoms with Crippen molar-refractivity contribution in [3.8, 4) is 11.6 Å². The number of rotatable bonds is 5. The maximum atomic E-state index is 5.41. The third kappa shape index (κ3) is 3.16. The van der Waals surface area contributed by atoms with E-state index in [1.165, 1.54) is 0 Å². The van der Waals surface area contributed by atoms with Gasteiger partial charge >= 0.3 is 0 Å². The first-order chi connectivity index (χ1) is 10.3. The Labute approximate surface area is 124 Å². The number of aromatic nitrogens is 3. The van der Waals surface area contributed by atoms with Crippen LogP contribution in [0.25, 0.3) is 11.6 Å². The molecule has 0 radical (unpaired) electrons. The van der Waals surface area contributed by atoms with Gasteiger partial charge in [-0.3, -0.25) is 4.90 Å². The van der Waals surface area contributed by atoms with Crippen LogP contribution < -0.4 is 0 Å². The summed E-state index contributed by atoms with van der Waals surface area (Å²) in [5.74, 6) is 2.41. The summed E-state index contributed by atoms with van der Waals surface area (Å²) in [4.78, 5) is 7.11. The van der Waals surface area contributed by atoms with Gasteiger partial charge in [-0.2, -0.15) is 0 Å². The van der Waals surface area contributed by atoms with Gasteiger partial charge in [0.05, 0.1) is 19.5 Å². The molecule has 1 aliphatic heterocycles. The molecule has 2 aromatic rings. The van der Waals surface area contributed by atoms with E-state index >= 15 is 0 Å². The summed E-state index contributed by atoms with van der Waals surface area (Å²) < 4.78 is 12.8. The first-order valence-corrected chi connectivity index (χ1v) is 7.57. The zero-order valence-corrected chi connectivity index (χ0v) is 12.7. The van der Waals surface area contributed by atoms with Gasteiger partial charge in [0.1, 0.15) is 5.82 Å². The van der Waals surface area contributed by atoms with E-state index in [4.69, 9.17) is 9.15 Å². The summed E-state index contributed by atoms with van der Waals surface area (Å²) >= 11 is 0. The van der Waals surface area contributed by atoms with Crippen molar-refractivity contribution in [1.29, 1.82) is 0 Å². The summed E-state index contributed by atoms with van der Waals surface area (Å²) in [5, 5.41) is 4.54. The second-order valence-electron chi connectivity index (χ2n) is 5.35. The Bertz CT molecular complexity index is 558. The van der Waals surface area contributed by atoms with Gasteiger partial charge in [0, 0.05) is 32.1 Å². The van der Waals surface area contributed by atoms with Crippen molar-refractivity contribution >= 4 is 0 Å². The Morgan fingerprint density at radius 1 is 1.33 bits per heavy atom. The molecular weight excluding hydrogens is 268 g/mol. The fourth-order valence-corrected chi connectivity index (χ4v) is 2.70. The zero-order chi connectivity index (χ0) is 14.7. The van der Waals surface area contributed by atoms with Crippen LogP contribution in [0, 0.1) is 0 Å². The van der Waals surface area contributed by atoms with Crippen LogP contribution in [-0.2, 0) is 17.7 Å². The third-order valence-corrected chi connectivity index (χ3v) is 3.94. The van der Waals surface area contributed by atoms with E-state index in [0.717, 1.165) is 50.9 Å². The fourth-order valence-electron chi connectivity index (χ4n) is 2.70. The molecule has 3 rings (SSSR count). The molecular formula is C15H22N4O2. The molecule has 1 fully saturated rings. The molecule has 6 heteroatoms. The lowest BCUT2D eigenvalue weighted by Gasteiger charge is -2.32. The van der Waals surface area contributed by atoms with Crippen LogP contribution in [0.15, 0.2) is 22.8 Å². The first-order valence-electron chi connectivity index (χ1n) is 7.57. The van der Waals surface area contributed by atoms with Crippen LogP contribution >= 0.6 is 0 Å². The van der Waals surface area contributed by atoms with Gasteiger partial charge in [-0.25, -0.2) is 9.67 Å². The molecule has 1 aliphatic rings. The number of hydrogen-bond acceptors (Lipinski definition) is 5. The third-order valence-electron chi connectivity index (χ3n) is 3.94. The molecule has 21 heavy (non-hydrogen) atoms. The van der Waals surface area contributed by atoms with Crippen molar-refractivity contribution < 1.29 is 9.15 Å². The van der Waals surface area contributed by atoms with Crippen LogP contribution in [0.2, 0.25) is 0 Å². The standard InChI is InChI=1S/C15H22N4O2/c1-3-19-14(11-12(2)18-6-9-20-10-7-18)16-15(17-19)13-5-4-8-21-13/h4-5,8,12H,3,6-7,9-11H2,1-2H3/t12-/m0/s1. The predicted molar refractivity (Wildman–Crippen MR) is 79.0 cm³/mol. The van der Waals surface area contributed by atoms with Gasteiger partial charge < -0.3 is 9.15 Å². The molecule has 6 nitrogen and oxygen atoms in total. The van der Waals surface area contributed by atoms with Gasteiger partial charge in [-0.1, -0.05) is 0 Å². The average molecular weight is 290 g/mol. The van der Waals surface area contributed by atoms with Crippen LogP contribution in [-0.4, -0.2) is 52.0 Å². The number of ether oxygens (including phenoxy) is 1. The Morgan fingerprint density at radius 2 is 2.14 bits per heavy atom. The average Bonchev–Trinajstić information content (AvgIpc) is 3.17. The Kier molecular flexibility index (Phi) is 4.36. The van der Waals surface area contributed by atoms with E-state index < -0.39 is 0 Å². The van der Waals surface area contributed by atoms with E-state index in [1.807, 2.05) is 16.8 Å². The smallest absolute Gasteiger partial charge is 0.217 e. The number of furan rings is 1. The minimum atomic E-state index is 0.438. The van der Waals surface area contributed by atoms with Crippen LogP contribution in [0.5, 0.6) is 0 Å². The van der Waals surface area contributed by atoms with Crippen molar-refractivity contribution in [1.82, 2.24) is 19.7 Å². The normalized spacial score (nSPS) is 18.0. The highest BCUT2D eigenvalue weighted by Crippen LogP contribution is 2.17. The van der Waals surface area contributed by atoms with Crippen molar-refractivity contribution in [3.63, 3.8) is 0 Å². The number of morpholine rings is 1. The molecule has 114 valence electrons. The molecule has 2 aromatic heterocycles. The van der Waals surface area contributed by atoms with E-state index in [2.05, 4.69) is 28.8 Å². The Morgan fingerprint density at radius 3 is 2.81 bits per heavy atom. The molecule has 0 aliphatic carbocycles. The second kappa shape index (κ2) is 6.41. The SMILES string of the molecule is CCn1nc(-c2ccco2)nc1C[C@H](C)N1CCOCC1. The molecule has 1 atom stereocenters. The lowest BCUT2D eigenvalue weighted by atomic mass is 10.2. The van der Waals surface area contributed by atoms with Crippen LogP contribution in [0.3, 0.4) is 0 Å². The number of hydrogen-bond donors (Lipinski definition) is 0. The number of aryl methyl sites for hydroxylation is 1. The van der Waals surface area contributed by atoms with Crippen LogP contribution in [0.1, 0.15) is 19.7 Å². The molecule has 1 saturated heterocycles. The monoisotopic (exact) mass is 290 g/mol. The highest BCUT2D eigenvalue weighted by molar-refractivity contribution is 5.45. The fraction of sp³-hybridized carbons (Fsp3) is 0.600. The van der Waals surface area contributed by atoms with Gasteiger partial charge in [0.2, 0.25) is 5.82 Å². The lowest BCUT2D eigenvalue weighted by molar-refractivity contribution is 0.0198.